The molecule has 2 atom stereocenters. The summed E-state index contributed by atoms with van der Waals surface area (Å²) in [5, 5.41) is 8.70. The zero-order valence-electron chi connectivity index (χ0n) is 11.2. The third-order valence-corrected chi connectivity index (χ3v) is 3.10. The van der Waals surface area contributed by atoms with Crippen molar-refractivity contribution < 1.29 is 9.84 Å². The van der Waals surface area contributed by atoms with Crippen molar-refractivity contribution in [3.63, 3.8) is 0 Å². The lowest BCUT2D eigenvalue weighted by Crippen LogP contribution is -2.27. The summed E-state index contributed by atoms with van der Waals surface area (Å²) >= 11 is 0. The van der Waals surface area contributed by atoms with Gasteiger partial charge < -0.3 is 9.84 Å². The zero-order valence-corrected chi connectivity index (χ0v) is 11.2. The molecule has 0 amide bonds. The first-order valence-electron chi connectivity index (χ1n) is 6.40. The fraction of sp³-hybridized carbons (Fsp3) is 1.00. The van der Waals surface area contributed by atoms with Gasteiger partial charge in [-0.05, 0) is 38.1 Å². The molecule has 96 valence electrons. The second kappa shape index (κ2) is 5.99. The van der Waals surface area contributed by atoms with Gasteiger partial charge in [0.15, 0.2) is 0 Å². The molecule has 16 heavy (non-hydrogen) atoms. The van der Waals surface area contributed by atoms with Gasteiger partial charge >= 0.3 is 0 Å². The molecule has 0 aromatic carbocycles. The summed E-state index contributed by atoms with van der Waals surface area (Å²) in [7, 11) is 2.14. The molecule has 0 spiro atoms. The lowest BCUT2D eigenvalue weighted by Gasteiger charge is -2.22. The summed E-state index contributed by atoms with van der Waals surface area (Å²) in [6.07, 6.45) is 5.01. The molecule has 0 radical (unpaired) electrons. The Morgan fingerprint density at radius 1 is 1.25 bits per heavy atom. The van der Waals surface area contributed by atoms with Crippen LogP contribution in [0, 0.1) is 5.41 Å². The van der Waals surface area contributed by atoms with E-state index in [0.29, 0.717) is 24.4 Å². The maximum Gasteiger partial charge on any atom is 0.137 e. The number of aliphatic hydroxyl groups excluding tert-OH is 1. The van der Waals surface area contributed by atoms with Crippen molar-refractivity contribution in [2.75, 3.05) is 20.2 Å². The molecule has 1 aliphatic heterocycles. The van der Waals surface area contributed by atoms with Crippen molar-refractivity contribution in [3.8, 4) is 0 Å². The average Bonchev–Trinajstić information content (AvgIpc) is 2.93. The highest BCUT2D eigenvalue weighted by atomic mass is 16.6. The number of hydrogen-bond acceptors (Lipinski definition) is 3. The Kier molecular flexibility index (Phi) is 5.22. The van der Waals surface area contributed by atoms with E-state index in [1.54, 1.807) is 0 Å². The highest BCUT2D eigenvalue weighted by molar-refractivity contribution is 4.84. The summed E-state index contributed by atoms with van der Waals surface area (Å²) in [5.41, 5.74) is 0.398. The van der Waals surface area contributed by atoms with Gasteiger partial charge in [0, 0.05) is 13.2 Å². The monoisotopic (exact) mass is 229 g/mol. The molecule has 0 bridgehead atoms. The molecule has 3 nitrogen and oxygen atoms in total. The van der Waals surface area contributed by atoms with E-state index < -0.39 is 0 Å². The van der Waals surface area contributed by atoms with E-state index in [0.717, 1.165) is 25.8 Å². The van der Waals surface area contributed by atoms with Crippen molar-refractivity contribution in [2.45, 2.75) is 58.8 Å². The average molecular weight is 229 g/mol. The second-order valence-corrected chi connectivity index (χ2v) is 6.08. The first-order chi connectivity index (χ1) is 7.44. The molecule has 0 aromatic rings. The van der Waals surface area contributed by atoms with Crippen molar-refractivity contribution in [1.29, 1.82) is 0 Å². The first-order valence-corrected chi connectivity index (χ1v) is 6.40. The standard InChI is InChI=1S/C13H27NO2/c1-13(2,3)8-9-14(4)12-11(16-12)7-5-6-10-15/h11-12,15H,5-10H2,1-4H3. The van der Waals surface area contributed by atoms with Crippen molar-refractivity contribution in [3.05, 3.63) is 0 Å². The van der Waals surface area contributed by atoms with Crippen LogP contribution in [0.5, 0.6) is 0 Å². The number of aliphatic hydroxyl groups is 1. The predicted molar refractivity (Wildman–Crippen MR) is 66.3 cm³/mol. The number of hydrogen-bond donors (Lipinski definition) is 1. The molecule has 0 saturated carbocycles. The van der Waals surface area contributed by atoms with E-state index in [2.05, 4.69) is 32.7 Å². The van der Waals surface area contributed by atoms with Gasteiger partial charge in [0.05, 0.1) is 6.10 Å². The number of ether oxygens (including phenoxy) is 1. The largest absolute Gasteiger partial charge is 0.396 e. The molecule has 0 aliphatic carbocycles. The fourth-order valence-electron chi connectivity index (χ4n) is 1.83. The molecule has 1 rings (SSSR count). The molecule has 1 N–H and O–H groups in total. The van der Waals surface area contributed by atoms with Crippen molar-refractivity contribution in [2.24, 2.45) is 5.41 Å². The SMILES string of the molecule is CN(CCC(C)(C)C)C1OC1CCCCO. The minimum Gasteiger partial charge on any atom is -0.396 e. The lowest BCUT2D eigenvalue weighted by atomic mass is 9.92. The first kappa shape index (κ1) is 13.9. The van der Waals surface area contributed by atoms with Crippen LogP contribution in [0.2, 0.25) is 0 Å². The second-order valence-electron chi connectivity index (χ2n) is 6.08. The maximum atomic E-state index is 8.70. The smallest absolute Gasteiger partial charge is 0.137 e. The van der Waals surface area contributed by atoms with Gasteiger partial charge in [0.25, 0.3) is 0 Å². The topological polar surface area (TPSA) is 36.0 Å². The van der Waals surface area contributed by atoms with Gasteiger partial charge in [-0.1, -0.05) is 20.8 Å². The van der Waals surface area contributed by atoms with Gasteiger partial charge in [-0.2, -0.15) is 0 Å². The van der Waals surface area contributed by atoms with E-state index in [1.165, 1.54) is 6.42 Å². The van der Waals surface area contributed by atoms with Gasteiger partial charge in [0.2, 0.25) is 0 Å². The quantitative estimate of drug-likeness (QED) is 0.537. The van der Waals surface area contributed by atoms with E-state index in [9.17, 15) is 0 Å². The van der Waals surface area contributed by atoms with Crippen LogP contribution in [0.4, 0.5) is 0 Å². The predicted octanol–water partition coefficient (Wildman–Crippen LogP) is 2.24. The summed E-state index contributed by atoms with van der Waals surface area (Å²) < 4.78 is 5.63. The van der Waals surface area contributed by atoms with Crippen LogP contribution in [-0.2, 0) is 4.74 Å². The maximum absolute atomic E-state index is 8.70. The molecule has 2 unspecified atom stereocenters. The number of epoxide rings is 1. The Morgan fingerprint density at radius 3 is 2.50 bits per heavy atom. The third kappa shape index (κ3) is 5.28. The van der Waals surface area contributed by atoms with Crippen molar-refractivity contribution in [1.82, 2.24) is 4.90 Å². The number of likely N-dealkylation sites (N-methyl/N-ethyl adjacent to an activating group) is 1. The fourth-order valence-corrected chi connectivity index (χ4v) is 1.83. The molecule has 0 aromatic heterocycles. The van der Waals surface area contributed by atoms with E-state index in [-0.39, 0.29) is 0 Å². The molecule has 3 heteroatoms. The van der Waals surface area contributed by atoms with E-state index in [4.69, 9.17) is 9.84 Å². The molecule has 1 saturated heterocycles. The Hall–Kier alpha value is -0.120. The minimum absolute atomic E-state index is 0.303. The van der Waals surface area contributed by atoms with Crippen LogP contribution in [0.3, 0.4) is 0 Å². The summed E-state index contributed by atoms with van der Waals surface area (Å²) in [6.45, 7) is 8.22. The van der Waals surface area contributed by atoms with Crippen LogP contribution in [0.15, 0.2) is 0 Å². The van der Waals surface area contributed by atoms with Gasteiger partial charge in [0.1, 0.15) is 6.23 Å². The number of unbranched alkanes of at least 4 members (excludes halogenated alkanes) is 1. The van der Waals surface area contributed by atoms with Gasteiger partial charge in [-0.15, -0.1) is 0 Å². The number of rotatable bonds is 7. The highest BCUT2D eigenvalue weighted by Crippen LogP contribution is 2.30. The van der Waals surface area contributed by atoms with Crippen LogP contribution in [0.25, 0.3) is 0 Å². The van der Waals surface area contributed by atoms with E-state index in [1.807, 2.05) is 0 Å². The summed E-state index contributed by atoms with van der Waals surface area (Å²) in [5.74, 6) is 0. The third-order valence-electron chi connectivity index (χ3n) is 3.10. The number of nitrogens with zero attached hydrogens (tertiary/aromatic N) is 1. The van der Waals surface area contributed by atoms with Crippen LogP contribution in [-0.4, -0.2) is 42.5 Å². The van der Waals surface area contributed by atoms with Gasteiger partial charge in [-0.25, -0.2) is 0 Å². The molecular formula is C13H27NO2. The van der Waals surface area contributed by atoms with Crippen LogP contribution in [0.1, 0.15) is 46.5 Å². The lowest BCUT2D eigenvalue weighted by molar-refractivity contribution is 0.186. The molecule has 1 aliphatic rings. The Balaban J connectivity index is 2.09. The Morgan fingerprint density at radius 2 is 1.94 bits per heavy atom. The summed E-state index contributed by atoms with van der Waals surface area (Å²) in [6, 6.07) is 0. The highest BCUT2D eigenvalue weighted by Gasteiger charge is 2.41. The molecular weight excluding hydrogens is 202 g/mol. The minimum atomic E-state index is 0.303. The molecule has 1 fully saturated rings. The van der Waals surface area contributed by atoms with E-state index >= 15 is 0 Å². The van der Waals surface area contributed by atoms with Crippen LogP contribution < -0.4 is 0 Å². The van der Waals surface area contributed by atoms with Crippen molar-refractivity contribution >= 4 is 0 Å². The summed E-state index contributed by atoms with van der Waals surface area (Å²) in [4.78, 5) is 2.31. The van der Waals surface area contributed by atoms with Gasteiger partial charge in [-0.3, -0.25) is 4.90 Å². The molecule has 1 heterocycles. The van der Waals surface area contributed by atoms with Crippen LogP contribution >= 0.6 is 0 Å². The Labute approximate surface area is 99.8 Å². The normalized spacial score (nSPS) is 25.1. The zero-order chi connectivity index (χ0) is 12.2. The Bertz CT molecular complexity index is 201.